The van der Waals surface area contributed by atoms with Crippen LogP contribution in [0.5, 0.6) is 17.4 Å². The van der Waals surface area contributed by atoms with E-state index in [1.54, 1.807) is 27.4 Å². The lowest BCUT2D eigenvalue weighted by atomic mass is 9.97. The Balaban J connectivity index is 1.58. The number of rotatable bonds is 7. The highest BCUT2D eigenvalue weighted by Gasteiger charge is 2.26. The predicted molar refractivity (Wildman–Crippen MR) is 105 cm³/mol. The summed E-state index contributed by atoms with van der Waals surface area (Å²) < 4.78 is 15.6. The van der Waals surface area contributed by atoms with Gasteiger partial charge in [0.25, 0.3) is 0 Å². The maximum absolute atomic E-state index is 12.7. The highest BCUT2D eigenvalue weighted by molar-refractivity contribution is 5.79. The standard InChI is InChI=1S/C20H26N4O4/c1-26-16-7-6-14(11-17(16)27-2)12-21-20(25)15-5-4-10-24(13-15)18-8-9-19(28-3)23-22-18/h6-9,11,15H,4-5,10,12-13H2,1-3H3,(H,21,25). The summed E-state index contributed by atoms with van der Waals surface area (Å²) in [4.78, 5) is 14.8. The summed E-state index contributed by atoms with van der Waals surface area (Å²) in [5.41, 5.74) is 0.958. The van der Waals surface area contributed by atoms with E-state index in [1.165, 1.54) is 0 Å². The Kier molecular flexibility index (Phi) is 6.52. The van der Waals surface area contributed by atoms with Crippen LogP contribution in [-0.2, 0) is 11.3 Å². The molecule has 8 heteroatoms. The Hall–Kier alpha value is -3.03. The van der Waals surface area contributed by atoms with E-state index >= 15 is 0 Å². The summed E-state index contributed by atoms with van der Waals surface area (Å²) in [6.45, 7) is 1.93. The van der Waals surface area contributed by atoms with Gasteiger partial charge in [-0.2, -0.15) is 0 Å². The number of ether oxygens (including phenoxy) is 3. The highest BCUT2D eigenvalue weighted by Crippen LogP contribution is 2.27. The van der Waals surface area contributed by atoms with E-state index in [9.17, 15) is 4.79 Å². The third kappa shape index (κ3) is 4.62. The molecule has 1 aromatic carbocycles. The lowest BCUT2D eigenvalue weighted by Crippen LogP contribution is -2.43. The topological polar surface area (TPSA) is 85.8 Å². The van der Waals surface area contributed by atoms with Crippen molar-refractivity contribution in [1.29, 1.82) is 0 Å². The molecule has 1 fully saturated rings. The largest absolute Gasteiger partial charge is 0.493 e. The molecule has 3 rings (SSSR count). The summed E-state index contributed by atoms with van der Waals surface area (Å²) in [6, 6.07) is 9.28. The molecule has 2 aromatic rings. The van der Waals surface area contributed by atoms with Crippen LogP contribution in [0.4, 0.5) is 5.82 Å². The molecule has 0 bridgehead atoms. The number of aromatic nitrogens is 2. The number of benzene rings is 1. The van der Waals surface area contributed by atoms with Crippen molar-refractivity contribution in [3.8, 4) is 17.4 Å². The summed E-state index contributed by atoms with van der Waals surface area (Å²) in [7, 11) is 4.75. The number of hydrogen-bond donors (Lipinski definition) is 1. The highest BCUT2D eigenvalue weighted by atomic mass is 16.5. The van der Waals surface area contributed by atoms with Crippen molar-refractivity contribution < 1.29 is 19.0 Å². The molecular weight excluding hydrogens is 360 g/mol. The molecule has 2 heterocycles. The minimum Gasteiger partial charge on any atom is -0.493 e. The van der Waals surface area contributed by atoms with Crippen LogP contribution in [0.3, 0.4) is 0 Å². The number of nitrogens with zero attached hydrogens (tertiary/aromatic N) is 3. The fourth-order valence-corrected chi connectivity index (χ4v) is 3.31. The fraction of sp³-hybridized carbons (Fsp3) is 0.450. The van der Waals surface area contributed by atoms with Crippen molar-refractivity contribution in [3.05, 3.63) is 35.9 Å². The molecule has 1 unspecified atom stereocenters. The van der Waals surface area contributed by atoms with E-state index < -0.39 is 0 Å². The fourth-order valence-electron chi connectivity index (χ4n) is 3.31. The summed E-state index contributed by atoms with van der Waals surface area (Å²) >= 11 is 0. The molecule has 1 aliphatic heterocycles. The van der Waals surface area contributed by atoms with Crippen LogP contribution in [-0.4, -0.2) is 50.5 Å². The smallest absolute Gasteiger partial charge is 0.233 e. The van der Waals surface area contributed by atoms with Crippen LogP contribution in [0.25, 0.3) is 0 Å². The van der Waals surface area contributed by atoms with E-state index in [4.69, 9.17) is 14.2 Å². The first-order chi connectivity index (χ1) is 13.6. The van der Waals surface area contributed by atoms with Crippen LogP contribution < -0.4 is 24.4 Å². The van der Waals surface area contributed by atoms with E-state index in [0.717, 1.165) is 30.8 Å². The minimum absolute atomic E-state index is 0.0426. The third-order valence-electron chi connectivity index (χ3n) is 4.87. The van der Waals surface area contributed by atoms with Gasteiger partial charge in [-0.1, -0.05) is 6.07 Å². The van der Waals surface area contributed by atoms with Gasteiger partial charge in [0.05, 0.1) is 27.2 Å². The molecule has 28 heavy (non-hydrogen) atoms. The second kappa shape index (κ2) is 9.25. The molecule has 1 N–H and O–H groups in total. The number of carbonyl (C=O) groups is 1. The van der Waals surface area contributed by atoms with E-state index in [0.29, 0.717) is 30.5 Å². The Bertz CT molecular complexity index is 797. The molecule has 1 aromatic heterocycles. The quantitative estimate of drug-likeness (QED) is 0.779. The maximum atomic E-state index is 12.7. The lowest BCUT2D eigenvalue weighted by molar-refractivity contribution is -0.125. The molecule has 1 atom stereocenters. The molecule has 0 radical (unpaired) electrons. The van der Waals surface area contributed by atoms with Crippen molar-refractivity contribution in [2.75, 3.05) is 39.3 Å². The van der Waals surface area contributed by atoms with Crippen LogP contribution in [0, 0.1) is 5.92 Å². The van der Waals surface area contributed by atoms with Crippen molar-refractivity contribution in [1.82, 2.24) is 15.5 Å². The van der Waals surface area contributed by atoms with Gasteiger partial charge in [0.2, 0.25) is 11.8 Å². The molecule has 150 valence electrons. The summed E-state index contributed by atoms with van der Waals surface area (Å²) in [5, 5.41) is 11.2. The second-order valence-corrected chi connectivity index (χ2v) is 6.63. The summed E-state index contributed by atoms with van der Waals surface area (Å²) in [5.74, 6) is 2.51. The van der Waals surface area contributed by atoms with Crippen LogP contribution in [0.15, 0.2) is 30.3 Å². The Labute approximate surface area is 164 Å². The number of piperidine rings is 1. The molecule has 0 spiro atoms. The van der Waals surface area contributed by atoms with Crippen molar-refractivity contribution in [2.24, 2.45) is 5.92 Å². The van der Waals surface area contributed by atoms with Gasteiger partial charge in [0.1, 0.15) is 0 Å². The SMILES string of the molecule is COc1ccc(N2CCCC(C(=O)NCc3ccc(OC)c(OC)c3)C2)nn1. The zero-order valence-electron chi connectivity index (χ0n) is 16.5. The number of nitrogens with one attached hydrogen (secondary N) is 1. The zero-order chi connectivity index (χ0) is 19.9. The van der Waals surface area contributed by atoms with Gasteiger partial charge in [-0.05, 0) is 36.6 Å². The van der Waals surface area contributed by atoms with Crippen LogP contribution in [0.2, 0.25) is 0 Å². The Morgan fingerprint density at radius 1 is 1.11 bits per heavy atom. The first-order valence-electron chi connectivity index (χ1n) is 9.26. The molecule has 8 nitrogen and oxygen atoms in total. The predicted octanol–water partition coefficient (Wildman–Crippen LogP) is 2.04. The van der Waals surface area contributed by atoms with Crippen LogP contribution >= 0.6 is 0 Å². The second-order valence-electron chi connectivity index (χ2n) is 6.63. The first-order valence-corrected chi connectivity index (χ1v) is 9.26. The molecule has 1 amide bonds. The average Bonchev–Trinajstić information content (AvgIpc) is 2.77. The van der Waals surface area contributed by atoms with Gasteiger partial charge in [-0.15, -0.1) is 10.2 Å². The monoisotopic (exact) mass is 386 g/mol. The van der Waals surface area contributed by atoms with Crippen molar-refractivity contribution in [2.45, 2.75) is 19.4 Å². The van der Waals surface area contributed by atoms with Gasteiger partial charge in [-0.3, -0.25) is 4.79 Å². The average molecular weight is 386 g/mol. The van der Waals surface area contributed by atoms with E-state index in [2.05, 4.69) is 20.4 Å². The number of anilines is 1. The van der Waals surface area contributed by atoms with Gasteiger partial charge < -0.3 is 24.4 Å². The molecular formula is C20H26N4O4. The Morgan fingerprint density at radius 2 is 1.93 bits per heavy atom. The number of methoxy groups -OCH3 is 3. The van der Waals surface area contributed by atoms with Crippen molar-refractivity contribution >= 4 is 11.7 Å². The van der Waals surface area contributed by atoms with E-state index in [1.807, 2.05) is 24.3 Å². The van der Waals surface area contributed by atoms with Crippen LogP contribution in [0.1, 0.15) is 18.4 Å². The van der Waals surface area contributed by atoms with Gasteiger partial charge in [0, 0.05) is 25.7 Å². The van der Waals surface area contributed by atoms with Gasteiger partial charge in [0.15, 0.2) is 17.3 Å². The van der Waals surface area contributed by atoms with E-state index in [-0.39, 0.29) is 11.8 Å². The van der Waals surface area contributed by atoms with Gasteiger partial charge in [-0.25, -0.2) is 0 Å². The number of carbonyl (C=O) groups excluding carboxylic acids is 1. The van der Waals surface area contributed by atoms with Crippen molar-refractivity contribution in [3.63, 3.8) is 0 Å². The third-order valence-corrected chi connectivity index (χ3v) is 4.87. The minimum atomic E-state index is -0.0854. The summed E-state index contributed by atoms with van der Waals surface area (Å²) in [6.07, 6.45) is 1.79. The molecule has 0 aliphatic carbocycles. The Morgan fingerprint density at radius 3 is 2.61 bits per heavy atom. The van der Waals surface area contributed by atoms with Gasteiger partial charge >= 0.3 is 0 Å². The lowest BCUT2D eigenvalue weighted by Gasteiger charge is -2.32. The molecule has 1 saturated heterocycles. The zero-order valence-corrected chi connectivity index (χ0v) is 16.5. The number of amides is 1. The first kappa shape index (κ1) is 19.7. The maximum Gasteiger partial charge on any atom is 0.233 e. The molecule has 1 aliphatic rings. The normalized spacial score (nSPS) is 16.4. The number of hydrogen-bond acceptors (Lipinski definition) is 7. The molecule has 0 saturated carbocycles.